The smallest absolute Gasteiger partial charge is 0.328 e. The van der Waals surface area contributed by atoms with Gasteiger partial charge in [-0.15, -0.1) is 11.3 Å². The van der Waals surface area contributed by atoms with Crippen LogP contribution in [0.2, 0.25) is 5.02 Å². The van der Waals surface area contributed by atoms with Crippen molar-refractivity contribution in [2.24, 2.45) is 0 Å². The highest BCUT2D eigenvalue weighted by atomic mass is 35.5. The molecule has 3 atom stereocenters. The predicted octanol–water partition coefficient (Wildman–Crippen LogP) is 6.31. The van der Waals surface area contributed by atoms with Gasteiger partial charge in [-0.05, 0) is 81.8 Å². The van der Waals surface area contributed by atoms with Gasteiger partial charge in [0.15, 0.2) is 6.29 Å². The molecule has 1 aromatic heterocycles. The Hall–Kier alpha value is -2.27. The standard InChI is InChI=1S/C30H34ClNO6S2/c1-28(2,3)38-27(33)30(32-40(34,35)26-17-16-24(39-26)21-12-14-23(31)15-13-21)19-29(30,22-9-5-4-6-10-22)20-37-25-11-7-8-18-36-25/h4-6,9-10,12-17,25,32H,7-8,11,18-20H2,1-3H3/t25?,29-,30+/m1/s1. The van der Waals surface area contributed by atoms with Gasteiger partial charge in [0.05, 0.1) is 12.0 Å². The molecule has 0 radical (unpaired) electrons. The minimum absolute atomic E-state index is 0.101. The van der Waals surface area contributed by atoms with Gasteiger partial charge in [0, 0.05) is 16.5 Å². The Morgan fingerprint density at radius 3 is 2.45 bits per heavy atom. The number of esters is 1. The minimum atomic E-state index is -4.12. The van der Waals surface area contributed by atoms with Gasteiger partial charge in [-0.3, -0.25) is 0 Å². The third kappa shape index (κ3) is 6.00. The largest absolute Gasteiger partial charge is 0.459 e. The van der Waals surface area contributed by atoms with Crippen molar-refractivity contribution in [2.45, 2.75) is 73.5 Å². The molecule has 2 fully saturated rings. The van der Waals surface area contributed by atoms with Crippen LogP contribution in [0.1, 0.15) is 52.0 Å². The number of nitrogens with one attached hydrogen (secondary N) is 1. The lowest BCUT2D eigenvalue weighted by Crippen LogP contribution is -2.52. The second-order valence-electron chi connectivity index (χ2n) is 11.4. The lowest BCUT2D eigenvalue weighted by Gasteiger charge is -2.31. The first-order valence-corrected chi connectivity index (χ1v) is 16.0. The molecule has 2 aromatic carbocycles. The molecule has 1 saturated heterocycles. The van der Waals surface area contributed by atoms with Crippen molar-refractivity contribution in [3.63, 3.8) is 0 Å². The van der Waals surface area contributed by atoms with Crippen molar-refractivity contribution in [1.82, 2.24) is 4.72 Å². The molecule has 7 nitrogen and oxygen atoms in total. The van der Waals surface area contributed by atoms with E-state index >= 15 is 0 Å². The summed E-state index contributed by atoms with van der Waals surface area (Å²) in [5, 5.41) is 0.598. The Morgan fingerprint density at radius 1 is 1.07 bits per heavy atom. The summed E-state index contributed by atoms with van der Waals surface area (Å²) in [6, 6.07) is 19.9. The van der Waals surface area contributed by atoms with E-state index in [-0.39, 0.29) is 17.2 Å². The molecule has 214 valence electrons. The number of rotatable bonds is 9. The number of carbonyl (C=O) groups excluding carboxylic acids is 1. The molecule has 0 bridgehead atoms. The average Bonchev–Trinajstić information content (AvgIpc) is 3.28. The summed E-state index contributed by atoms with van der Waals surface area (Å²) < 4.78 is 48.5. The molecular formula is C30H34ClNO6S2. The van der Waals surface area contributed by atoms with Gasteiger partial charge in [0.2, 0.25) is 0 Å². The van der Waals surface area contributed by atoms with E-state index in [0.29, 0.717) is 11.6 Å². The second-order valence-corrected chi connectivity index (χ2v) is 14.8. The van der Waals surface area contributed by atoms with Crippen molar-refractivity contribution in [3.05, 3.63) is 77.3 Å². The summed E-state index contributed by atoms with van der Waals surface area (Å²) in [5.74, 6) is -0.630. The van der Waals surface area contributed by atoms with Crippen molar-refractivity contribution in [2.75, 3.05) is 13.2 Å². The Kier molecular flexibility index (Phi) is 8.18. The van der Waals surface area contributed by atoms with Crippen molar-refractivity contribution < 1.29 is 27.4 Å². The molecule has 3 aromatic rings. The third-order valence-corrected chi connectivity index (χ3v) is 10.6. The normalized spacial score (nSPS) is 24.9. The van der Waals surface area contributed by atoms with Crippen LogP contribution in [0.25, 0.3) is 10.4 Å². The fourth-order valence-electron chi connectivity index (χ4n) is 5.17. The highest BCUT2D eigenvalue weighted by Gasteiger charge is 2.76. The maximum atomic E-state index is 13.9. The van der Waals surface area contributed by atoms with E-state index in [2.05, 4.69) is 4.72 Å². The molecule has 0 spiro atoms. The minimum Gasteiger partial charge on any atom is -0.459 e. The summed E-state index contributed by atoms with van der Waals surface area (Å²) >= 11 is 7.15. The Labute approximate surface area is 244 Å². The number of hydrogen-bond acceptors (Lipinski definition) is 7. The van der Waals surface area contributed by atoms with Crippen LogP contribution in [-0.4, -0.2) is 45.0 Å². The van der Waals surface area contributed by atoms with Crippen LogP contribution in [0.4, 0.5) is 0 Å². The maximum Gasteiger partial charge on any atom is 0.328 e. The number of sulfonamides is 1. The first kappa shape index (κ1) is 29.2. The zero-order chi connectivity index (χ0) is 28.6. The van der Waals surface area contributed by atoms with Crippen LogP contribution in [0.3, 0.4) is 0 Å². The van der Waals surface area contributed by atoms with E-state index in [1.54, 1.807) is 45.0 Å². The van der Waals surface area contributed by atoms with E-state index in [0.717, 1.165) is 46.6 Å². The van der Waals surface area contributed by atoms with Gasteiger partial charge in [0.25, 0.3) is 10.0 Å². The molecule has 1 saturated carbocycles. The number of halogens is 1. The molecule has 40 heavy (non-hydrogen) atoms. The molecule has 5 rings (SSSR count). The van der Waals surface area contributed by atoms with E-state index in [4.69, 9.17) is 25.8 Å². The van der Waals surface area contributed by atoms with E-state index in [9.17, 15) is 13.2 Å². The highest BCUT2D eigenvalue weighted by Crippen LogP contribution is 2.60. The number of hydrogen-bond donors (Lipinski definition) is 1. The predicted molar refractivity (Wildman–Crippen MR) is 156 cm³/mol. The Bertz CT molecular complexity index is 1450. The van der Waals surface area contributed by atoms with Crippen LogP contribution < -0.4 is 4.72 Å². The summed E-state index contributed by atoms with van der Waals surface area (Å²) in [4.78, 5) is 14.7. The topological polar surface area (TPSA) is 90.9 Å². The monoisotopic (exact) mass is 603 g/mol. The molecule has 1 aliphatic carbocycles. The van der Waals surface area contributed by atoms with E-state index in [1.807, 2.05) is 42.5 Å². The van der Waals surface area contributed by atoms with Gasteiger partial charge in [-0.1, -0.05) is 54.1 Å². The van der Waals surface area contributed by atoms with Crippen molar-refractivity contribution >= 4 is 38.9 Å². The van der Waals surface area contributed by atoms with Crippen LogP contribution >= 0.6 is 22.9 Å². The van der Waals surface area contributed by atoms with Crippen LogP contribution in [0.15, 0.2) is 70.9 Å². The average molecular weight is 604 g/mol. The first-order valence-electron chi connectivity index (χ1n) is 13.4. The van der Waals surface area contributed by atoms with Gasteiger partial charge in [-0.25, -0.2) is 13.2 Å². The molecular weight excluding hydrogens is 570 g/mol. The fraction of sp³-hybridized carbons (Fsp3) is 0.433. The zero-order valence-corrected chi connectivity index (χ0v) is 25.2. The van der Waals surface area contributed by atoms with Gasteiger partial charge in [0.1, 0.15) is 15.3 Å². The number of carbonyl (C=O) groups is 1. The van der Waals surface area contributed by atoms with Gasteiger partial charge in [-0.2, -0.15) is 4.72 Å². The van der Waals surface area contributed by atoms with Crippen LogP contribution in [0.5, 0.6) is 0 Å². The molecule has 1 unspecified atom stereocenters. The Balaban J connectivity index is 1.50. The number of benzene rings is 2. The SMILES string of the molecule is CC(C)(C)OC(=O)[C@@]1(NS(=O)(=O)c2ccc(-c3ccc(Cl)cc3)s2)C[C@@]1(COC1CCCCO1)c1ccccc1. The molecule has 2 aliphatic rings. The van der Waals surface area contributed by atoms with E-state index < -0.39 is 38.8 Å². The van der Waals surface area contributed by atoms with Gasteiger partial charge >= 0.3 is 5.97 Å². The third-order valence-electron chi connectivity index (χ3n) is 7.27. The molecule has 10 heteroatoms. The summed E-state index contributed by atoms with van der Waals surface area (Å²) in [6.45, 7) is 6.02. The lowest BCUT2D eigenvalue weighted by atomic mass is 9.91. The summed E-state index contributed by atoms with van der Waals surface area (Å²) in [6.07, 6.45) is 2.51. The zero-order valence-electron chi connectivity index (χ0n) is 22.8. The maximum absolute atomic E-state index is 13.9. The van der Waals surface area contributed by atoms with Crippen LogP contribution in [-0.2, 0) is 34.4 Å². The lowest BCUT2D eigenvalue weighted by molar-refractivity contribution is -0.171. The molecule has 1 aliphatic heterocycles. The van der Waals surface area contributed by atoms with Crippen LogP contribution in [0, 0.1) is 0 Å². The van der Waals surface area contributed by atoms with Crippen molar-refractivity contribution in [1.29, 1.82) is 0 Å². The summed E-state index contributed by atoms with van der Waals surface area (Å²) in [5.41, 5.74) is -1.70. The molecule has 1 N–H and O–H groups in total. The number of ether oxygens (including phenoxy) is 3. The highest BCUT2D eigenvalue weighted by molar-refractivity contribution is 7.91. The van der Waals surface area contributed by atoms with Crippen molar-refractivity contribution in [3.8, 4) is 10.4 Å². The summed E-state index contributed by atoms with van der Waals surface area (Å²) in [7, 11) is -4.12. The number of thiophene rings is 1. The van der Waals surface area contributed by atoms with E-state index in [1.165, 1.54) is 0 Å². The molecule has 2 heterocycles. The second kappa shape index (κ2) is 11.2. The quantitative estimate of drug-likeness (QED) is 0.288. The first-order chi connectivity index (χ1) is 18.9. The fourth-order valence-corrected chi connectivity index (χ4v) is 8.03. The Morgan fingerprint density at radius 2 is 1.80 bits per heavy atom. The van der Waals surface area contributed by atoms with Gasteiger partial charge < -0.3 is 14.2 Å². The molecule has 0 amide bonds.